The minimum Gasteiger partial charge on any atom is -0.454 e. The van der Waals surface area contributed by atoms with E-state index in [4.69, 9.17) is 21.1 Å². The maximum absolute atomic E-state index is 13.1. The highest BCUT2D eigenvalue weighted by Gasteiger charge is 2.37. The quantitative estimate of drug-likeness (QED) is 0.655. The first-order valence-electron chi connectivity index (χ1n) is 11.7. The molecule has 1 N–H and O–H groups in total. The normalized spacial score (nSPS) is 19.8. The molecule has 10 heteroatoms. The number of rotatable bonds is 6. The van der Waals surface area contributed by atoms with Gasteiger partial charge in [0.25, 0.3) is 5.91 Å². The van der Waals surface area contributed by atoms with E-state index in [-0.39, 0.29) is 36.9 Å². The fourth-order valence-corrected chi connectivity index (χ4v) is 4.79. The van der Waals surface area contributed by atoms with Crippen LogP contribution in [0.2, 0.25) is 5.02 Å². The fraction of sp³-hybridized carbons (Fsp3) is 0.400. The Kier molecular flexibility index (Phi) is 6.79. The lowest BCUT2D eigenvalue weighted by atomic mass is 10.1. The molecule has 0 radical (unpaired) electrons. The molecule has 0 saturated carbocycles. The summed E-state index contributed by atoms with van der Waals surface area (Å²) in [5.41, 5.74) is 1.30. The van der Waals surface area contributed by atoms with Crippen LogP contribution in [0, 0.1) is 5.92 Å². The molecule has 184 valence electrons. The zero-order chi connectivity index (χ0) is 24.4. The first kappa shape index (κ1) is 23.4. The average molecular weight is 499 g/mol. The molecule has 0 spiro atoms. The van der Waals surface area contributed by atoms with Gasteiger partial charge in [-0.3, -0.25) is 19.3 Å². The molecule has 2 saturated heterocycles. The Hall–Kier alpha value is -3.30. The number of nitrogens with zero attached hydrogens (tertiary/aromatic N) is 3. The molecule has 3 heterocycles. The number of anilines is 1. The third-order valence-electron chi connectivity index (χ3n) is 6.64. The highest BCUT2D eigenvalue weighted by atomic mass is 35.5. The summed E-state index contributed by atoms with van der Waals surface area (Å²) in [6.45, 7) is 4.46. The van der Waals surface area contributed by atoms with Crippen molar-refractivity contribution in [3.05, 3.63) is 53.1 Å². The monoisotopic (exact) mass is 498 g/mol. The van der Waals surface area contributed by atoms with Crippen molar-refractivity contribution in [2.75, 3.05) is 57.5 Å². The SMILES string of the molecule is O=C(NCCN1CCN(C(=O)C2CC(=O)N(c3ccc(Cl)cc3)C2)CC1)c1ccc2c(c1)OCO2. The number of fused-ring (bicyclic) bond motifs is 1. The highest BCUT2D eigenvalue weighted by Crippen LogP contribution is 2.32. The lowest BCUT2D eigenvalue weighted by molar-refractivity contribution is -0.137. The number of hydrogen-bond acceptors (Lipinski definition) is 6. The smallest absolute Gasteiger partial charge is 0.251 e. The van der Waals surface area contributed by atoms with Gasteiger partial charge in [0.15, 0.2) is 11.5 Å². The minimum absolute atomic E-state index is 0.0329. The minimum atomic E-state index is -0.328. The summed E-state index contributed by atoms with van der Waals surface area (Å²) in [6.07, 6.45) is 0.230. The number of benzene rings is 2. The first-order valence-corrected chi connectivity index (χ1v) is 12.1. The Morgan fingerprint density at radius 3 is 2.51 bits per heavy atom. The second-order valence-electron chi connectivity index (χ2n) is 8.87. The first-order chi connectivity index (χ1) is 17.0. The van der Waals surface area contributed by atoms with Crippen molar-refractivity contribution in [1.29, 1.82) is 0 Å². The molecule has 2 aromatic rings. The van der Waals surface area contributed by atoms with Gasteiger partial charge in [0.05, 0.1) is 5.92 Å². The second kappa shape index (κ2) is 10.1. The van der Waals surface area contributed by atoms with Gasteiger partial charge in [-0.05, 0) is 42.5 Å². The summed E-state index contributed by atoms with van der Waals surface area (Å²) in [6, 6.07) is 12.2. The van der Waals surface area contributed by atoms with Crippen molar-refractivity contribution in [2.45, 2.75) is 6.42 Å². The van der Waals surface area contributed by atoms with Gasteiger partial charge in [0.1, 0.15) is 0 Å². The fourth-order valence-electron chi connectivity index (χ4n) is 4.66. The summed E-state index contributed by atoms with van der Waals surface area (Å²) in [5, 5.41) is 3.55. The second-order valence-corrected chi connectivity index (χ2v) is 9.31. The molecule has 3 amide bonds. The van der Waals surface area contributed by atoms with Crippen molar-refractivity contribution >= 4 is 35.0 Å². The highest BCUT2D eigenvalue weighted by molar-refractivity contribution is 6.30. The summed E-state index contributed by atoms with van der Waals surface area (Å²) in [7, 11) is 0. The van der Waals surface area contributed by atoms with Crippen molar-refractivity contribution < 1.29 is 23.9 Å². The molecule has 2 fully saturated rings. The van der Waals surface area contributed by atoms with E-state index in [9.17, 15) is 14.4 Å². The Morgan fingerprint density at radius 1 is 1.00 bits per heavy atom. The molecule has 3 aliphatic heterocycles. The van der Waals surface area contributed by atoms with E-state index in [1.807, 2.05) is 4.90 Å². The van der Waals surface area contributed by atoms with E-state index in [1.54, 1.807) is 47.4 Å². The van der Waals surface area contributed by atoms with E-state index >= 15 is 0 Å². The number of halogens is 1. The predicted octanol–water partition coefficient (Wildman–Crippen LogP) is 2.00. The molecule has 9 nitrogen and oxygen atoms in total. The molecular weight excluding hydrogens is 472 g/mol. The van der Waals surface area contributed by atoms with Crippen molar-refractivity contribution in [3.63, 3.8) is 0 Å². The van der Waals surface area contributed by atoms with Gasteiger partial charge in [0, 0.05) is 68.5 Å². The van der Waals surface area contributed by atoms with Crippen LogP contribution in [0.3, 0.4) is 0 Å². The van der Waals surface area contributed by atoms with E-state index in [2.05, 4.69) is 10.2 Å². The Labute approximate surface area is 208 Å². The summed E-state index contributed by atoms with van der Waals surface area (Å²) < 4.78 is 10.6. The van der Waals surface area contributed by atoms with Crippen LogP contribution in [-0.4, -0.2) is 80.1 Å². The molecule has 3 aliphatic rings. The number of ether oxygens (including phenoxy) is 2. The lowest BCUT2D eigenvalue weighted by Gasteiger charge is -2.35. The Bertz CT molecular complexity index is 1120. The molecule has 1 atom stereocenters. The summed E-state index contributed by atoms with van der Waals surface area (Å²) in [4.78, 5) is 43.7. The molecule has 5 rings (SSSR count). The number of piperazine rings is 1. The van der Waals surface area contributed by atoms with Gasteiger partial charge in [-0.2, -0.15) is 0 Å². The lowest BCUT2D eigenvalue weighted by Crippen LogP contribution is -2.51. The molecule has 0 aromatic heterocycles. The van der Waals surface area contributed by atoms with E-state index in [0.717, 1.165) is 18.8 Å². The van der Waals surface area contributed by atoms with Crippen LogP contribution < -0.4 is 19.7 Å². The van der Waals surface area contributed by atoms with Gasteiger partial charge in [-0.15, -0.1) is 0 Å². The van der Waals surface area contributed by atoms with Crippen LogP contribution in [0.5, 0.6) is 11.5 Å². The molecule has 0 bridgehead atoms. The van der Waals surface area contributed by atoms with Crippen molar-refractivity contribution in [1.82, 2.24) is 15.1 Å². The van der Waals surface area contributed by atoms with Gasteiger partial charge in [-0.25, -0.2) is 0 Å². The standard InChI is InChI=1S/C25H27ClN4O5/c26-19-2-4-20(5-3-19)30-15-18(14-23(30)31)25(33)29-11-9-28(10-12-29)8-7-27-24(32)17-1-6-21-22(13-17)35-16-34-21/h1-6,13,18H,7-12,14-16H2,(H,27,32). The van der Waals surface area contributed by atoms with Crippen LogP contribution >= 0.6 is 11.6 Å². The largest absolute Gasteiger partial charge is 0.454 e. The van der Waals surface area contributed by atoms with E-state index in [0.29, 0.717) is 54.8 Å². The van der Waals surface area contributed by atoms with Crippen LogP contribution in [0.25, 0.3) is 0 Å². The van der Waals surface area contributed by atoms with Crippen LogP contribution in [0.1, 0.15) is 16.8 Å². The van der Waals surface area contributed by atoms with Gasteiger partial charge in [-0.1, -0.05) is 11.6 Å². The summed E-state index contributed by atoms with van der Waals surface area (Å²) >= 11 is 5.94. The van der Waals surface area contributed by atoms with E-state index < -0.39 is 0 Å². The number of carbonyl (C=O) groups is 3. The molecule has 0 aliphatic carbocycles. The predicted molar refractivity (Wildman–Crippen MR) is 130 cm³/mol. The molecular formula is C25H27ClN4O5. The van der Waals surface area contributed by atoms with Crippen molar-refractivity contribution in [3.8, 4) is 11.5 Å². The molecule has 1 unspecified atom stereocenters. The maximum Gasteiger partial charge on any atom is 0.251 e. The third-order valence-corrected chi connectivity index (χ3v) is 6.90. The zero-order valence-corrected chi connectivity index (χ0v) is 20.0. The average Bonchev–Trinajstić information content (AvgIpc) is 3.50. The van der Waals surface area contributed by atoms with Gasteiger partial charge in [0.2, 0.25) is 18.6 Å². The Balaban J connectivity index is 1.05. The third kappa shape index (κ3) is 5.21. The molecule has 35 heavy (non-hydrogen) atoms. The number of carbonyl (C=O) groups excluding carboxylic acids is 3. The van der Waals surface area contributed by atoms with Gasteiger partial charge < -0.3 is 24.6 Å². The number of amides is 3. The number of hydrogen-bond donors (Lipinski definition) is 1. The van der Waals surface area contributed by atoms with E-state index in [1.165, 1.54) is 0 Å². The maximum atomic E-state index is 13.1. The van der Waals surface area contributed by atoms with Crippen LogP contribution in [0.4, 0.5) is 5.69 Å². The van der Waals surface area contributed by atoms with Gasteiger partial charge >= 0.3 is 0 Å². The Morgan fingerprint density at radius 2 is 1.74 bits per heavy atom. The molecule has 2 aromatic carbocycles. The topological polar surface area (TPSA) is 91.4 Å². The zero-order valence-electron chi connectivity index (χ0n) is 19.2. The van der Waals surface area contributed by atoms with Crippen LogP contribution in [0.15, 0.2) is 42.5 Å². The van der Waals surface area contributed by atoms with Crippen LogP contribution in [-0.2, 0) is 9.59 Å². The number of nitrogens with one attached hydrogen (secondary N) is 1. The van der Waals surface area contributed by atoms with Crippen molar-refractivity contribution in [2.24, 2.45) is 5.92 Å². The summed E-state index contributed by atoms with van der Waals surface area (Å²) in [5.74, 6) is 0.736.